The van der Waals surface area contributed by atoms with Crippen LogP contribution in [-0.2, 0) is 0 Å². The van der Waals surface area contributed by atoms with E-state index in [0.717, 1.165) is 5.56 Å². The lowest BCUT2D eigenvalue weighted by molar-refractivity contribution is 0.881. The van der Waals surface area contributed by atoms with E-state index in [1.54, 1.807) is 18.2 Å². The molecule has 0 unspecified atom stereocenters. The van der Waals surface area contributed by atoms with Crippen LogP contribution in [0.2, 0.25) is 10.0 Å². The molecule has 13 heavy (non-hydrogen) atoms. The first-order valence-corrected chi connectivity index (χ1v) is 4.21. The number of nitrogens with one attached hydrogen (secondary N) is 1. The molecule has 0 aliphatic rings. The van der Waals surface area contributed by atoms with Crippen molar-refractivity contribution in [3.8, 4) is 11.4 Å². The Hall–Kier alpha value is -1.13. The van der Waals surface area contributed by atoms with E-state index in [2.05, 4.69) is 20.6 Å². The number of halogens is 2. The van der Waals surface area contributed by atoms with Gasteiger partial charge in [-0.2, -0.15) is 5.21 Å². The van der Waals surface area contributed by atoms with Crippen molar-refractivity contribution in [3.63, 3.8) is 0 Å². The zero-order valence-electron chi connectivity index (χ0n) is 6.33. The monoisotopic (exact) mass is 214 g/mol. The molecule has 1 heterocycles. The first kappa shape index (κ1) is 8.47. The Morgan fingerprint density at radius 2 is 1.77 bits per heavy atom. The zero-order valence-corrected chi connectivity index (χ0v) is 7.84. The average molecular weight is 215 g/mol. The van der Waals surface area contributed by atoms with E-state index in [9.17, 15) is 0 Å². The van der Waals surface area contributed by atoms with Gasteiger partial charge in [-0.25, -0.2) is 0 Å². The number of aromatic nitrogens is 4. The number of H-pyrrole nitrogens is 1. The van der Waals surface area contributed by atoms with Gasteiger partial charge >= 0.3 is 0 Å². The van der Waals surface area contributed by atoms with Gasteiger partial charge in [0, 0.05) is 15.6 Å². The minimum atomic E-state index is 0.476. The molecule has 66 valence electrons. The predicted molar refractivity (Wildman–Crippen MR) is 49.6 cm³/mol. The van der Waals surface area contributed by atoms with E-state index in [-0.39, 0.29) is 0 Å². The molecule has 0 spiro atoms. The highest BCUT2D eigenvalue weighted by Crippen LogP contribution is 2.24. The van der Waals surface area contributed by atoms with Crippen molar-refractivity contribution >= 4 is 23.2 Å². The van der Waals surface area contributed by atoms with Gasteiger partial charge in [-0.3, -0.25) is 0 Å². The van der Waals surface area contributed by atoms with Gasteiger partial charge in [0.25, 0.3) is 0 Å². The van der Waals surface area contributed by atoms with Crippen LogP contribution in [0, 0.1) is 0 Å². The summed E-state index contributed by atoms with van der Waals surface area (Å²) in [6, 6.07) is 5.09. The topological polar surface area (TPSA) is 54.5 Å². The van der Waals surface area contributed by atoms with Gasteiger partial charge < -0.3 is 0 Å². The normalized spacial score (nSPS) is 10.3. The Kier molecular flexibility index (Phi) is 2.16. The van der Waals surface area contributed by atoms with Gasteiger partial charge in [0.2, 0.25) is 5.82 Å². The number of hydrogen-bond donors (Lipinski definition) is 1. The Morgan fingerprint density at radius 1 is 1.08 bits per heavy atom. The molecule has 6 heteroatoms. The number of tetrazole rings is 1. The predicted octanol–water partition coefficient (Wildman–Crippen LogP) is 2.17. The van der Waals surface area contributed by atoms with Gasteiger partial charge in [-0.15, -0.1) is 10.2 Å². The summed E-state index contributed by atoms with van der Waals surface area (Å²) in [7, 11) is 0. The molecule has 4 nitrogen and oxygen atoms in total. The van der Waals surface area contributed by atoms with Crippen molar-refractivity contribution in [2.75, 3.05) is 0 Å². The van der Waals surface area contributed by atoms with Gasteiger partial charge in [0.15, 0.2) is 0 Å². The van der Waals surface area contributed by atoms with E-state index in [1.807, 2.05) is 0 Å². The number of benzene rings is 1. The fourth-order valence-electron chi connectivity index (χ4n) is 0.967. The van der Waals surface area contributed by atoms with Crippen molar-refractivity contribution < 1.29 is 0 Å². The molecule has 0 saturated carbocycles. The summed E-state index contributed by atoms with van der Waals surface area (Å²) >= 11 is 11.6. The molecule has 1 aromatic heterocycles. The third-order valence-electron chi connectivity index (χ3n) is 1.47. The Balaban J connectivity index is 2.53. The summed E-state index contributed by atoms with van der Waals surface area (Å²) in [6.07, 6.45) is 0. The van der Waals surface area contributed by atoms with Crippen molar-refractivity contribution in [2.24, 2.45) is 0 Å². The van der Waals surface area contributed by atoms with Crippen LogP contribution in [0.5, 0.6) is 0 Å². The first-order valence-electron chi connectivity index (χ1n) is 3.45. The molecule has 0 radical (unpaired) electrons. The maximum Gasteiger partial charge on any atom is 0.204 e. The molecule has 0 fully saturated rings. The second-order valence-electron chi connectivity index (χ2n) is 2.39. The second kappa shape index (κ2) is 3.32. The van der Waals surface area contributed by atoms with E-state index >= 15 is 0 Å². The third-order valence-corrected chi connectivity index (χ3v) is 1.90. The standard InChI is InChI=1S/C7H4Cl2N4/c8-5-1-4(2-6(9)3-5)7-10-12-13-11-7/h1-3H,(H,10,11,12,13). The lowest BCUT2D eigenvalue weighted by Crippen LogP contribution is -1.81. The maximum absolute atomic E-state index is 5.80. The largest absolute Gasteiger partial charge is 0.204 e. The molecule has 0 aliphatic heterocycles. The van der Waals surface area contributed by atoms with Crippen LogP contribution in [0.15, 0.2) is 18.2 Å². The fourth-order valence-corrected chi connectivity index (χ4v) is 1.49. The molecular weight excluding hydrogens is 211 g/mol. The molecule has 0 bridgehead atoms. The molecule has 1 N–H and O–H groups in total. The summed E-state index contributed by atoms with van der Waals surface area (Å²) in [5.41, 5.74) is 0.742. The number of rotatable bonds is 1. The molecule has 2 rings (SSSR count). The summed E-state index contributed by atoms with van der Waals surface area (Å²) in [6.45, 7) is 0. The summed E-state index contributed by atoms with van der Waals surface area (Å²) in [5.74, 6) is 0.476. The van der Waals surface area contributed by atoms with E-state index < -0.39 is 0 Å². The van der Waals surface area contributed by atoms with Crippen molar-refractivity contribution in [1.82, 2.24) is 20.6 Å². The molecule has 1 aromatic carbocycles. The Labute approximate surface area is 83.9 Å². The van der Waals surface area contributed by atoms with Crippen LogP contribution >= 0.6 is 23.2 Å². The van der Waals surface area contributed by atoms with Crippen LogP contribution in [0.4, 0.5) is 0 Å². The maximum atomic E-state index is 5.80. The average Bonchev–Trinajstić information content (AvgIpc) is 2.53. The van der Waals surface area contributed by atoms with Crippen LogP contribution in [0.25, 0.3) is 11.4 Å². The van der Waals surface area contributed by atoms with E-state index in [0.29, 0.717) is 15.9 Å². The van der Waals surface area contributed by atoms with Crippen LogP contribution in [0.3, 0.4) is 0 Å². The molecule has 0 aliphatic carbocycles. The lowest BCUT2D eigenvalue weighted by Gasteiger charge is -1.96. The van der Waals surface area contributed by atoms with Gasteiger partial charge in [0.1, 0.15) is 0 Å². The molecule has 0 atom stereocenters. The smallest absolute Gasteiger partial charge is 0.177 e. The number of hydrogen-bond acceptors (Lipinski definition) is 3. The van der Waals surface area contributed by atoms with Crippen molar-refractivity contribution in [3.05, 3.63) is 28.2 Å². The highest BCUT2D eigenvalue weighted by atomic mass is 35.5. The minimum absolute atomic E-state index is 0.476. The number of aromatic amines is 1. The number of nitrogens with zero attached hydrogens (tertiary/aromatic N) is 3. The van der Waals surface area contributed by atoms with E-state index in [4.69, 9.17) is 23.2 Å². The summed E-state index contributed by atoms with van der Waals surface area (Å²) < 4.78 is 0. The van der Waals surface area contributed by atoms with Crippen LogP contribution in [0.1, 0.15) is 0 Å². The molecular formula is C7H4Cl2N4. The van der Waals surface area contributed by atoms with Crippen LogP contribution in [-0.4, -0.2) is 20.6 Å². The second-order valence-corrected chi connectivity index (χ2v) is 3.27. The molecule has 0 saturated heterocycles. The van der Waals surface area contributed by atoms with Crippen molar-refractivity contribution in [2.45, 2.75) is 0 Å². The summed E-state index contributed by atoms with van der Waals surface area (Å²) in [5, 5.41) is 14.5. The van der Waals surface area contributed by atoms with Gasteiger partial charge in [-0.1, -0.05) is 23.2 Å². The highest BCUT2D eigenvalue weighted by Gasteiger charge is 2.04. The fraction of sp³-hybridized carbons (Fsp3) is 0. The summed E-state index contributed by atoms with van der Waals surface area (Å²) in [4.78, 5) is 0. The third kappa shape index (κ3) is 1.79. The molecule has 0 amide bonds. The van der Waals surface area contributed by atoms with Gasteiger partial charge in [-0.05, 0) is 23.4 Å². The van der Waals surface area contributed by atoms with Gasteiger partial charge in [0.05, 0.1) is 0 Å². The Bertz CT molecular complexity index is 392. The first-order chi connectivity index (χ1) is 6.25. The van der Waals surface area contributed by atoms with E-state index in [1.165, 1.54) is 0 Å². The minimum Gasteiger partial charge on any atom is -0.177 e. The van der Waals surface area contributed by atoms with Crippen molar-refractivity contribution in [1.29, 1.82) is 0 Å². The van der Waals surface area contributed by atoms with Crippen LogP contribution < -0.4 is 0 Å². The quantitative estimate of drug-likeness (QED) is 0.792. The lowest BCUT2D eigenvalue weighted by atomic mass is 10.2. The highest BCUT2D eigenvalue weighted by molar-refractivity contribution is 6.35. The Morgan fingerprint density at radius 3 is 2.31 bits per heavy atom. The SMILES string of the molecule is Clc1cc(Cl)cc(-c2nn[nH]n2)c1. The zero-order chi connectivity index (χ0) is 9.26. The molecule has 2 aromatic rings.